The van der Waals surface area contributed by atoms with Gasteiger partial charge in [-0.15, -0.1) is 0 Å². The van der Waals surface area contributed by atoms with Crippen molar-refractivity contribution in [3.05, 3.63) is 28.2 Å². The third-order valence-electron chi connectivity index (χ3n) is 3.55. The molecule has 20 heavy (non-hydrogen) atoms. The molecule has 1 unspecified atom stereocenters. The van der Waals surface area contributed by atoms with Crippen LogP contribution in [-0.2, 0) is 11.8 Å². The molecule has 1 saturated heterocycles. The number of hydrogen-bond acceptors (Lipinski definition) is 5. The van der Waals surface area contributed by atoms with Crippen LogP contribution in [0.15, 0.2) is 21.3 Å². The molecule has 1 aliphatic rings. The van der Waals surface area contributed by atoms with E-state index in [1.807, 2.05) is 0 Å². The molecule has 1 aromatic carbocycles. The zero-order valence-corrected chi connectivity index (χ0v) is 11.1. The van der Waals surface area contributed by atoms with E-state index in [4.69, 9.17) is 14.3 Å². The van der Waals surface area contributed by atoms with Gasteiger partial charge in [0.05, 0.1) is 24.4 Å². The van der Waals surface area contributed by atoms with Crippen LogP contribution in [0.25, 0.3) is 11.1 Å². The lowest BCUT2D eigenvalue weighted by atomic mass is 10.1. The fourth-order valence-electron chi connectivity index (χ4n) is 2.42. The molecule has 2 heterocycles. The standard InChI is InChI=1S/C13H14N2O5/c1-7-9(15-5-8(6-16)19-13(15)18)3-4-10-11(7)20-12(17)14(10)2/h3-4,8,16H,5-6H2,1-2H3. The zero-order valence-electron chi connectivity index (χ0n) is 11.1. The largest absolute Gasteiger partial charge is 0.441 e. The molecular formula is C13H14N2O5. The van der Waals surface area contributed by atoms with Gasteiger partial charge in [0.25, 0.3) is 0 Å². The van der Waals surface area contributed by atoms with Gasteiger partial charge in [-0.2, -0.15) is 0 Å². The summed E-state index contributed by atoms with van der Waals surface area (Å²) < 4.78 is 11.6. The van der Waals surface area contributed by atoms with Gasteiger partial charge in [-0.05, 0) is 19.1 Å². The zero-order chi connectivity index (χ0) is 14.4. The maximum atomic E-state index is 11.8. The van der Waals surface area contributed by atoms with Crippen molar-refractivity contribution in [1.29, 1.82) is 0 Å². The third kappa shape index (κ3) is 1.70. The van der Waals surface area contributed by atoms with Crippen LogP contribution in [0, 0.1) is 6.92 Å². The fourth-order valence-corrected chi connectivity index (χ4v) is 2.42. The molecule has 1 aromatic heterocycles. The van der Waals surface area contributed by atoms with Gasteiger partial charge < -0.3 is 14.3 Å². The Balaban J connectivity index is 2.11. The molecule has 106 valence electrons. The first-order valence-corrected chi connectivity index (χ1v) is 6.21. The van der Waals surface area contributed by atoms with Crippen LogP contribution in [0.2, 0.25) is 0 Å². The molecule has 1 N–H and O–H groups in total. The molecular weight excluding hydrogens is 264 g/mol. The summed E-state index contributed by atoms with van der Waals surface area (Å²) in [6, 6.07) is 3.47. The number of anilines is 1. The lowest BCUT2D eigenvalue weighted by Gasteiger charge is -2.15. The maximum Gasteiger partial charge on any atom is 0.419 e. The van der Waals surface area contributed by atoms with Crippen LogP contribution in [0.1, 0.15) is 5.56 Å². The Bertz CT molecular complexity index is 745. The minimum absolute atomic E-state index is 0.218. The fraction of sp³-hybridized carbons (Fsp3) is 0.385. The molecule has 0 radical (unpaired) electrons. The Kier molecular flexibility index (Phi) is 2.79. The van der Waals surface area contributed by atoms with Gasteiger partial charge in [-0.1, -0.05) is 0 Å². The van der Waals surface area contributed by atoms with E-state index in [0.29, 0.717) is 22.4 Å². The number of amides is 1. The first kappa shape index (κ1) is 12.7. The number of nitrogens with zero attached hydrogens (tertiary/aromatic N) is 2. The number of aliphatic hydroxyl groups excluding tert-OH is 1. The van der Waals surface area contributed by atoms with Gasteiger partial charge in [0.15, 0.2) is 5.58 Å². The summed E-state index contributed by atoms with van der Waals surface area (Å²) in [5.41, 5.74) is 2.43. The van der Waals surface area contributed by atoms with Crippen molar-refractivity contribution in [3.8, 4) is 0 Å². The van der Waals surface area contributed by atoms with E-state index in [1.54, 1.807) is 26.1 Å². The third-order valence-corrected chi connectivity index (χ3v) is 3.55. The SMILES string of the molecule is Cc1c(N2CC(CO)OC2=O)ccc2c1oc(=O)n2C. The van der Waals surface area contributed by atoms with E-state index in [0.717, 1.165) is 0 Å². The predicted molar refractivity (Wildman–Crippen MR) is 70.9 cm³/mol. The van der Waals surface area contributed by atoms with Crippen LogP contribution < -0.4 is 10.7 Å². The van der Waals surface area contributed by atoms with Gasteiger partial charge in [0.2, 0.25) is 0 Å². The van der Waals surface area contributed by atoms with E-state index >= 15 is 0 Å². The van der Waals surface area contributed by atoms with E-state index in [2.05, 4.69) is 0 Å². The van der Waals surface area contributed by atoms with Gasteiger partial charge in [-0.25, -0.2) is 9.59 Å². The summed E-state index contributed by atoms with van der Waals surface area (Å²) >= 11 is 0. The number of hydrogen-bond donors (Lipinski definition) is 1. The summed E-state index contributed by atoms with van der Waals surface area (Å²) in [6.07, 6.45) is -1.04. The summed E-state index contributed by atoms with van der Waals surface area (Å²) in [7, 11) is 1.62. The van der Waals surface area contributed by atoms with Crippen molar-refractivity contribution >= 4 is 22.9 Å². The van der Waals surface area contributed by atoms with E-state index < -0.39 is 18.0 Å². The number of aromatic nitrogens is 1. The molecule has 7 nitrogen and oxygen atoms in total. The Morgan fingerprint density at radius 1 is 1.40 bits per heavy atom. The molecule has 0 aliphatic carbocycles. The Morgan fingerprint density at radius 2 is 2.15 bits per heavy atom. The molecule has 1 aliphatic heterocycles. The highest BCUT2D eigenvalue weighted by molar-refractivity contribution is 5.94. The number of rotatable bonds is 2. The molecule has 0 saturated carbocycles. The van der Waals surface area contributed by atoms with Gasteiger partial charge >= 0.3 is 11.8 Å². The highest BCUT2D eigenvalue weighted by Crippen LogP contribution is 2.30. The average molecular weight is 278 g/mol. The minimum Gasteiger partial charge on any atom is -0.441 e. The van der Waals surface area contributed by atoms with Crippen LogP contribution in [0.3, 0.4) is 0 Å². The van der Waals surface area contributed by atoms with Crippen LogP contribution in [-0.4, -0.2) is 35.0 Å². The molecule has 7 heteroatoms. The van der Waals surface area contributed by atoms with Crippen molar-refractivity contribution in [2.24, 2.45) is 7.05 Å². The number of fused-ring (bicyclic) bond motifs is 1. The number of aryl methyl sites for hydroxylation is 2. The number of benzene rings is 1. The Labute approximate surface area is 114 Å². The second-order valence-electron chi connectivity index (χ2n) is 4.78. The molecule has 1 amide bonds. The summed E-state index contributed by atoms with van der Waals surface area (Å²) in [6.45, 7) is 1.84. The highest BCUT2D eigenvalue weighted by atomic mass is 16.6. The predicted octanol–water partition coefficient (Wildman–Crippen LogP) is 0.757. The quantitative estimate of drug-likeness (QED) is 0.876. The number of carbonyl (C=O) groups is 1. The molecule has 3 rings (SSSR count). The van der Waals surface area contributed by atoms with E-state index in [9.17, 15) is 9.59 Å². The Hall–Kier alpha value is -2.28. The van der Waals surface area contributed by atoms with Crippen molar-refractivity contribution in [2.45, 2.75) is 13.0 Å². The molecule has 1 fully saturated rings. The van der Waals surface area contributed by atoms with Crippen molar-refractivity contribution in [2.75, 3.05) is 18.1 Å². The van der Waals surface area contributed by atoms with Crippen LogP contribution >= 0.6 is 0 Å². The number of aliphatic hydroxyl groups is 1. The number of cyclic esters (lactones) is 1. The minimum atomic E-state index is -0.527. The second kappa shape index (κ2) is 4.38. The number of ether oxygens (including phenoxy) is 1. The summed E-state index contributed by atoms with van der Waals surface area (Å²) in [4.78, 5) is 24.8. The van der Waals surface area contributed by atoms with E-state index in [1.165, 1.54) is 9.47 Å². The lowest BCUT2D eigenvalue weighted by Crippen LogP contribution is -2.26. The molecule has 0 bridgehead atoms. The maximum absolute atomic E-state index is 11.8. The number of carbonyl (C=O) groups excluding carboxylic acids is 1. The average Bonchev–Trinajstić information content (AvgIpc) is 2.93. The molecule has 2 aromatic rings. The second-order valence-corrected chi connectivity index (χ2v) is 4.78. The van der Waals surface area contributed by atoms with E-state index in [-0.39, 0.29) is 13.2 Å². The van der Waals surface area contributed by atoms with Crippen LogP contribution in [0.5, 0.6) is 0 Å². The van der Waals surface area contributed by atoms with Crippen molar-refractivity contribution in [3.63, 3.8) is 0 Å². The van der Waals surface area contributed by atoms with Gasteiger partial charge in [0, 0.05) is 12.6 Å². The monoisotopic (exact) mass is 278 g/mol. The topological polar surface area (TPSA) is 84.9 Å². The summed E-state index contributed by atoms with van der Waals surface area (Å²) in [5, 5.41) is 9.06. The highest BCUT2D eigenvalue weighted by Gasteiger charge is 2.33. The van der Waals surface area contributed by atoms with Crippen molar-refractivity contribution < 1.29 is 19.1 Å². The van der Waals surface area contributed by atoms with Crippen molar-refractivity contribution in [1.82, 2.24) is 4.57 Å². The number of oxazole rings is 1. The molecule has 0 spiro atoms. The lowest BCUT2D eigenvalue weighted by molar-refractivity contribution is 0.0963. The first-order chi connectivity index (χ1) is 9.52. The summed E-state index contributed by atoms with van der Waals surface area (Å²) in [5.74, 6) is -0.447. The van der Waals surface area contributed by atoms with Gasteiger partial charge in [0.1, 0.15) is 6.10 Å². The van der Waals surface area contributed by atoms with Gasteiger partial charge in [-0.3, -0.25) is 9.47 Å². The Morgan fingerprint density at radius 3 is 2.80 bits per heavy atom. The normalized spacial score (nSPS) is 18.9. The van der Waals surface area contributed by atoms with Crippen LogP contribution in [0.4, 0.5) is 10.5 Å². The first-order valence-electron chi connectivity index (χ1n) is 6.21. The smallest absolute Gasteiger partial charge is 0.419 e. The molecule has 1 atom stereocenters.